The molecule has 26 heavy (non-hydrogen) atoms. The topological polar surface area (TPSA) is 6.48 Å². The van der Waals surface area contributed by atoms with Gasteiger partial charge < -0.3 is 9.80 Å². The first-order chi connectivity index (χ1) is 12.5. The van der Waals surface area contributed by atoms with Crippen molar-refractivity contribution in [3.63, 3.8) is 0 Å². The minimum absolute atomic E-state index is 0.313. The van der Waals surface area contributed by atoms with Crippen molar-refractivity contribution in [3.8, 4) is 0 Å². The van der Waals surface area contributed by atoms with E-state index < -0.39 is 0 Å². The summed E-state index contributed by atoms with van der Waals surface area (Å²) in [7, 11) is 0. The second-order valence-electron chi connectivity index (χ2n) is 7.68. The van der Waals surface area contributed by atoms with Gasteiger partial charge in [0, 0.05) is 24.9 Å². The van der Waals surface area contributed by atoms with Gasteiger partial charge in [0.15, 0.2) is 0 Å². The highest BCUT2D eigenvalue weighted by atomic mass is 15.3. The lowest BCUT2D eigenvalue weighted by molar-refractivity contribution is 0.255. The van der Waals surface area contributed by atoms with Gasteiger partial charge in [-0.25, -0.2) is 0 Å². The third-order valence-corrected chi connectivity index (χ3v) is 6.17. The molecule has 0 saturated heterocycles. The Kier molecular flexibility index (Phi) is 5.90. The van der Waals surface area contributed by atoms with Gasteiger partial charge in [0.1, 0.15) is 0 Å². The van der Waals surface area contributed by atoms with E-state index >= 15 is 0 Å². The van der Waals surface area contributed by atoms with Gasteiger partial charge in [-0.05, 0) is 57.2 Å². The summed E-state index contributed by atoms with van der Waals surface area (Å²) in [4.78, 5) is 4.49. The second kappa shape index (κ2) is 8.16. The van der Waals surface area contributed by atoms with Crippen LogP contribution in [0.3, 0.4) is 0 Å². The predicted molar refractivity (Wildman–Crippen MR) is 110 cm³/mol. The second-order valence-corrected chi connectivity index (χ2v) is 7.68. The molecule has 1 aliphatic carbocycles. The number of rotatable bonds is 7. The lowest BCUT2D eigenvalue weighted by Gasteiger charge is -2.31. The molecule has 2 nitrogen and oxygen atoms in total. The van der Waals surface area contributed by atoms with E-state index in [-0.39, 0.29) is 0 Å². The lowest BCUT2D eigenvalue weighted by Crippen LogP contribution is -2.26. The molecule has 1 atom stereocenters. The van der Waals surface area contributed by atoms with Crippen LogP contribution in [0.25, 0.3) is 0 Å². The molecule has 1 aromatic carbocycles. The van der Waals surface area contributed by atoms with E-state index in [1.54, 1.807) is 0 Å². The molecule has 1 aromatic rings. The van der Waals surface area contributed by atoms with Crippen LogP contribution in [0.15, 0.2) is 65.0 Å². The Balaban J connectivity index is 1.82. The Morgan fingerprint density at radius 2 is 1.62 bits per heavy atom. The SMILES string of the molecule is CCCCN1[C]N(C(CC2C(C)=C(C)C(C)=C2C)c2ccccc2)C=C1. The van der Waals surface area contributed by atoms with E-state index in [2.05, 4.69) is 93.8 Å². The normalized spacial score (nSPS) is 19.3. The molecule has 1 heterocycles. The minimum atomic E-state index is 0.313. The smallest absolute Gasteiger partial charge is 0.208 e. The summed E-state index contributed by atoms with van der Waals surface area (Å²) >= 11 is 0. The molecule has 0 fully saturated rings. The molecule has 0 bridgehead atoms. The highest BCUT2D eigenvalue weighted by Crippen LogP contribution is 2.43. The maximum atomic E-state index is 3.57. The Bertz CT molecular complexity index is 687. The van der Waals surface area contributed by atoms with Gasteiger partial charge in [0.05, 0.1) is 6.04 Å². The van der Waals surface area contributed by atoms with Gasteiger partial charge in [-0.3, -0.25) is 0 Å². The first-order valence-corrected chi connectivity index (χ1v) is 9.92. The highest BCUT2D eigenvalue weighted by Gasteiger charge is 2.31. The van der Waals surface area contributed by atoms with E-state index in [1.807, 2.05) is 0 Å². The molecule has 1 aliphatic heterocycles. The first-order valence-electron chi connectivity index (χ1n) is 9.92. The maximum Gasteiger partial charge on any atom is 0.208 e. The quantitative estimate of drug-likeness (QED) is 0.570. The number of benzene rings is 1. The van der Waals surface area contributed by atoms with Crippen LogP contribution in [-0.2, 0) is 0 Å². The average molecular weight is 349 g/mol. The fourth-order valence-electron chi connectivity index (χ4n) is 4.10. The molecule has 0 aromatic heterocycles. The van der Waals surface area contributed by atoms with Gasteiger partial charge in [-0.1, -0.05) is 54.8 Å². The minimum Gasteiger partial charge on any atom is -0.346 e. The van der Waals surface area contributed by atoms with Gasteiger partial charge in [-0.2, -0.15) is 0 Å². The van der Waals surface area contributed by atoms with Crippen molar-refractivity contribution in [1.29, 1.82) is 0 Å². The van der Waals surface area contributed by atoms with Gasteiger partial charge in [0.25, 0.3) is 0 Å². The zero-order chi connectivity index (χ0) is 18.7. The van der Waals surface area contributed by atoms with E-state index in [9.17, 15) is 0 Å². The molecular formula is C24H32N2. The van der Waals surface area contributed by atoms with Crippen LogP contribution in [0.1, 0.15) is 65.5 Å². The van der Waals surface area contributed by atoms with Crippen LogP contribution in [0, 0.1) is 12.6 Å². The molecule has 2 aliphatic rings. The van der Waals surface area contributed by atoms with Crippen LogP contribution in [-0.4, -0.2) is 16.3 Å². The average Bonchev–Trinajstić information content (AvgIpc) is 3.20. The third kappa shape index (κ3) is 3.75. The zero-order valence-electron chi connectivity index (χ0n) is 16.9. The van der Waals surface area contributed by atoms with Crippen LogP contribution in [0.4, 0.5) is 0 Å². The Morgan fingerprint density at radius 1 is 0.962 bits per heavy atom. The van der Waals surface area contributed by atoms with Crippen molar-refractivity contribution in [2.75, 3.05) is 6.54 Å². The third-order valence-electron chi connectivity index (χ3n) is 6.17. The van der Waals surface area contributed by atoms with E-state index in [1.165, 1.54) is 40.7 Å². The Hall–Kier alpha value is -1.96. The largest absolute Gasteiger partial charge is 0.346 e. The summed E-state index contributed by atoms with van der Waals surface area (Å²) in [5.74, 6) is 0.528. The van der Waals surface area contributed by atoms with Gasteiger partial charge in [-0.15, -0.1) is 0 Å². The van der Waals surface area contributed by atoms with Crippen molar-refractivity contribution < 1.29 is 0 Å². The lowest BCUT2D eigenvalue weighted by atomic mass is 9.86. The van der Waals surface area contributed by atoms with E-state index in [4.69, 9.17) is 0 Å². The number of hydrogen-bond acceptors (Lipinski definition) is 2. The molecule has 0 amide bonds. The summed E-state index contributed by atoms with van der Waals surface area (Å²) in [6, 6.07) is 11.2. The Labute approximate surface area is 159 Å². The highest BCUT2D eigenvalue weighted by molar-refractivity contribution is 5.46. The summed E-state index contributed by atoms with van der Waals surface area (Å²) in [6.45, 7) is 16.0. The van der Waals surface area contributed by atoms with Crippen molar-refractivity contribution in [2.24, 2.45) is 5.92 Å². The van der Waals surface area contributed by atoms with E-state index in [0.717, 1.165) is 13.0 Å². The molecule has 0 saturated carbocycles. The molecule has 3 rings (SSSR count). The fraction of sp³-hybridized carbons (Fsp3) is 0.458. The van der Waals surface area contributed by atoms with Crippen LogP contribution in [0.2, 0.25) is 0 Å². The van der Waals surface area contributed by atoms with Crippen LogP contribution < -0.4 is 0 Å². The zero-order valence-corrected chi connectivity index (χ0v) is 16.9. The molecule has 2 heteroatoms. The number of hydrogen-bond donors (Lipinski definition) is 0. The standard InChI is InChI=1S/C24H32N2/c1-6-7-13-25-14-15-26(17-25)24(22-11-9-8-10-12-22)16-23-20(4)18(2)19(3)21(23)5/h8-12,14-15,23-24H,6-7,13,16H2,1-5H3. The van der Waals surface area contributed by atoms with Crippen molar-refractivity contribution in [3.05, 3.63) is 77.3 Å². The number of unbranched alkanes of at least 4 members (excludes halogenated alkanes) is 1. The predicted octanol–water partition coefficient (Wildman–Crippen LogP) is 6.31. The number of nitrogens with zero attached hydrogens (tertiary/aromatic N) is 2. The number of allylic oxidation sites excluding steroid dienone is 4. The van der Waals surface area contributed by atoms with Crippen LogP contribution >= 0.6 is 0 Å². The van der Waals surface area contributed by atoms with Crippen LogP contribution in [0.5, 0.6) is 0 Å². The monoisotopic (exact) mass is 348 g/mol. The molecule has 0 spiro atoms. The van der Waals surface area contributed by atoms with E-state index in [0.29, 0.717) is 12.0 Å². The molecular weight excluding hydrogens is 316 g/mol. The van der Waals surface area contributed by atoms with Crippen molar-refractivity contribution in [2.45, 2.75) is 59.9 Å². The Morgan fingerprint density at radius 3 is 2.23 bits per heavy atom. The summed E-state index contributed by atoms with van der Waals surface area (Å²) < 4.78 is 0. The van der Waals surface area contributed by atoms with Gasteiger partial charge in [0.2, 0.25) is 6.67 Å². The summed E-state index contributed by atoms with van der Waals surface area (Å²) in [6.07, 6.45) is 7.87. The summed E-state index contributed by atoms with van der Waals surface area (Å²) in [5.41, 5.74) is 7.39. The first kappa shape index (κ1) is 18.8. The maximum absolute atomic E-state index is 3.57. The van der Waals surface area contributed by atoms with Crippen molar-refractivity contribution in [1.82, 2.24) is 9.80 Å². The molecule has 1 unspecified atom stereocenters. The molecule has 2 radical (unpaired) electrons. The molecule has 0 N–H and O–H groups in total. The van der Waals surface area contributed by atoms with Crippen molar-refractivity contribution >= 4 is 0 Å². The fourth-order valence-corrected chi connectivity index (χ4v) is 4.10. The van der Waals surface area contributed by atoms with Gasteiger partial charge >= 0.3 is 0 Å². The molecule has 138 valence electrons. The summed E-state index contributed by atoms with van der Waals surface area (Å²) in [5, 5.41) is 0.